The maximum atomic E-state index is 5.50. The number of nitrogens with zero attached hydrogens (tertiary/aromatic N) is 4. The first-order valence-electron chi connectivity index (χ1n) is 5.56. The van der Waals surface area contributed by atoms with Crippen molar-refractivity contribution >= 4 is 22.8 Å². The molecule has 6 heteroatoms. The van der Waals surface area contributed by atoms with Crippen LogP contribution in [-0.2, 0) is 6.54 Å². The first-order valence-corrected chi connectivity index (χ1v) is 6.78. The van der Waals surface area contributed by atoms with E-state index >= 15 is 0 Å². The van der Waals surface area contributed by atoms with Gasteiger partial charge in [0.15, 0.2) is 0 Å². The molecule has 0 atom stereocenters. The van der Waals surface area contributed by atoms with Crippen molar-refractivity contribution < 1.29 is 4.42 Å². The molecule has 0 N–H and O–H groups in total. The minimum absolute atomic E-state index is 0.555. The fourth-order valence-electron chi connectivity index (χ4n) is 1.92. The summed E-state index contributed by atoms with van der Waals surface area (Å²) in [4.78, 5) is 4.50. The van der Waals surface area contributed by atoms with Crippen LogP contribution in [0.2, 0.25) is 0 Å². The van der Waals surface area contributed by atoms with Crippen molar-refractivity contribution in [3.05, 3.63) is 36.0 Å². The van der Waals surface area contributed by atoms with E-state index in [1.807, 2.05) is 37.4 Å². The number of hydrogen-bond acceptors (Lipinski definition) is 5. The Morgan fingerprint density at radius 1 is 1.28 bits per heavy atom. The summed E-state index contributed by atoms with van der Waals surface area (Å²) in [5.41, 5.74) is 2.07. The first-order chi connectivity index (χ1) is 8.78. The summed E-state index contributed by atoms with van der Waals surface area (Å²) in [6, 6.07) is 8.03. The van der Waals surface area contributed by atoms with Crippen LogP contribution in [0.15, 0.2) is 33.9 Å². The van der Waals surface area contributed by atoms with Crippen molar-refractivity contribution in [2.45, 2.75) is 18.7 Å². The van der Waals surface area contributed by atoms with Gasteiger partial charge in [-0.05, 0) is 25.3 Å². The van der Waals surface area contributed by atoms with Gasteiger partial charge in [-0.2, -0.15) is 0 Å². The first kappa shape index (κ1) is 11.3. The van der Waals surface area contributed by atoms with Crippen LogP contribution in [0.3, 0.4) is 0 Å². The van der Waals surface area contributed by atoms with Crippen LogP contribution in [0.5, 0.6) is 0 Å². The molecular formula is C12H12N4OS. The van der Waals surface area contributed by atoms with Gasteiger partial charge in [-0.15, -0.1) is 10.2 Å². The van der Waals surface area contributed by atoms with E-state index in [-0.39, 0.29) is 0 Å². The van der Waals surface area contributed by atoms with E-state index in [2.05, 4.69) is 19.7 Å². The molecule has 0 spiro atoms. The van der Waals surface area contributed by atoms with E-state index < -0.39 is 0 Å². The van der Waals surface area contributed by atoms with Crippen LogP contribution in [0.25, 0.3) is 11.0 Å². The Labute approximate surface area is 108 Å². The molecule has 0 saturated carbocycles. The molecule has 0 fully saturated rings. The highest BCUT2D eigenvalue weighted by Gasteiger charge is 2.11. The summed E-state index contributed by atoms with van der Waals surface area (Å²) in [6.07, 6.45) is 1.91. The molecule has 0 aliphatic rings. The number of aryl methyl sites for hydroxylation is 1. The van der Waals surface area contributed by atoms with Crippen LogP contribution < -0.4 is 0 Å². The molecule has 1 aromatic carbocycles. The van der Waals surface area contributed by atoms with Crippen molar-refractivity contribution in [1.29, 1.82) is 0 Å². The maximum absolute atomic E-state index is 5.50. The minimum Gasteiger partial charge on any atom is -0.414 e. The Morgan fingerprint density at radius 2 is 2.11 bits per heavy atom. The molecule has 0 aliphatic heterocycles. The predicted octanol–water partition coefficient (Wildman–Crippen LogP) is 2.50. The number of fused-ring (bicyclic) bond motifs is 1. The van der Waals surface area contributed by atoms with Gasteiger partial charge in [0.05, 0.1) is 11.0 Å². The summed E-state index contributed by atoms with van der Waals surface area (Å²) in [5, 5.41) is 8.55. The number of hydrogen-bond donors (Lipinski definition) is 0. The zero-order valence-electron chi connectivity index (χ0n) is 10.1. The van der Waals surface area contributed by atoms with Crippen LogP contribution in [0, 0.1) is 6.92 Å². The average Bonchev–Trinajstić information content (AvgIpc) is 2.96. The van der Waals surface area contributed by atoms with Gasteiger partial charge in [0.2, 0.25) is 5.89 Å². The Kier molecular flexibility index (Phi) is 2.79. The predicted molar refractivity (Wildman–Crippen MR) is 69.7 cm³/mol. The van der Waals surface area contributed by atoms with Crippen molar-refractivity contribution in [1.82, 2.24) is 19.7 Å². The van der Waals surface area contributed by atoms with Crippen molar-refractivity contribution in [2.24, 2.45) is 0 Å². The molecule has 0 bridgehead atoms. The lowest BCUT2D eigenvalue weighted by Gasteiger charge is -2.02. The molecule has 3 aromatic rings. The number of thioether (sulfide) groups is 1. The molecule has 2 heterocycles. The van der Waals surface area contributed by atoms with E-state index in [0.717, 1.165) is 16.9 Å². The van der Waals surface area contributed by atoms with Gasteiger partial charge in [0, 0.05) is 0 Å². The Hall–Kier alpha value is -1.82. The highest BCUT2D eigenvalue weighted by molar-refractivity contribution is 7.98. The van der Waals surface area contributed by atoms with Gasteiger partial charge in [-0.1, -0.05) is 23.9 Å². The second-order valence-electron chi connectivity index (χ2n) is 3.90. The SMILES string of the molecule is CSc1nnc(Cn2c(C)nc3ccccc32)o1. The molecule has 2 aromatic heterocycles. The quantitative estimate of drug-likeness (QED) is 0.677. The summed E-state index contributed by atoms with van der Waals surface area (Å²) in [6.45, 7) is 2.53. The molecule has 0 aliphatic carbocycles. The van der Waals surface area contributed by atoms with Gasteiger partial charge >= 0.3 is 0 Å². The molecule has 0 saturated heterocycles. The smallest absolute Gasteiger partial charge is 0.276 e. The van der Waals surface area contributed by atoms with Crippen molar-refractivity contribution in [2.75, 3.05) is 6.26 Å². The van der Waals surface area contributed by atoms with Crippen molar-refractivity contribution in [3.63, 3.8) is 0 Å². The van der Waals surface area contributed by atoms with Gasteiger partial charge in [0.25, 0.3) is 5.22 Å². The monoisotopic (exact) mass is 260 g/mol. The third-order valence-corrected chi connectivity index (χ3v) is 3.28. The Balaban J connectivity index is 2.01. The number of rotatable bonds is 3. The third kappa shape index (κ3) is 1.88. The number of aromatic nitrogens is 4. The Bertz CT molecular complexity index is 688. The van der Waals surface area contributed by atoms with Crippen molar-refractivity contribution in [3.8, 4) is 0 Å². The third-order valence-electron chi connectivity index (χ3n) is 2.76. The number of para-hydroxylation sites is 2. The fraction of sp³-hybridized carbons (Fsp3) is 0.250. The van der Waals surface area contributed by atoms with Gasteiger partial charge in [-0.25, -0.2) is 4.98 Å². The van der Waals surface area contributed by atoms with Gasteiger partial charge in [0.1, 0.15) is 12.4 Å². The summed E-state index contributed by atoms with van der Waals surface area (Å²) >= 11 is 1.44. The average molecular weight is 260 g/mol. The van der Waals surface area contributed by atoms with E-state index in [0.29, 0.717) is 17.7 Å². The van der Waals surface area contributed by atoms with Crippen LogP contribution in [-0.4, -0.2) is 26.0 Å². The molecule has 0 radical (unpaired) electrons. The fourth-order valence-corrected chi connectivity index (χ4v) is 2.22. The second kappa shape index (κ2) is 4.45. The van der Waals surface area contributed by atoms with Gasteiger partial charge in [-0.3, -0.25) is 0 Å². The minimum atomic E-state index is 0.555. The molecular weight excluding hydrogens is 248 g/mol. The van der Waals surface area contributed by atoms with E-state index in [1.54, 1.807) is 0 Å². The summed E-state index contributed by atoms with van der Waals surface area (Å²) < 4.78 is 7.58. The highest BCUT2D eigenvalue weighted by atomic mass is 32.2. The van der Waals surface area contributed by atoms with Crippen LogP contribution in [0.1, 0.15) is 11.7 Å². The maximum Gasteiger partial charge on any atom is 0.276 e. The highest BCUT2D eigenvalue weighted by Crippen LogP contribution is 2.18. The lowest BCUT2D eigenvalue weighted by Crippen LogP contribution is -2.02. The Morgan fingerprint density at radius 3 is 2.89 bits per heavy atom. The van der Waals surface area contributed by atoms with Crippen LogP contribution in [0.4, 0.5) is 0 Å². The normalized spacial score (nSPS) is 11.2. The summed E-state index contributed by atoms with van der Waals surface area (Å²) in [7, 11) is 0. The molecule has 18 heavy (non-hydrogen) atoms. The topological polar surface area (TPSA) is 56.7 Å². The lowest BCUT2D eigenvalue weighted by atomic mass is 10.3. The van der Waals surface area contributed by atoms with Gasteiger partial charge < -0.3 is 8.98 Å². The molecule has 0 amide bonds. The van der Waals surface area contributed by atoms with E-state index in [4.69, 9.17) is 4.42 Å². The zero-order chi connectivity index (χ0) is 12.5. The lowest BCUT2D eigenvalue weighted by molar-refractivity contribution is 0.405. The molecule has 92 valence electrons. The number of imidazole rings is 1. The largest absolute Gasteiger partial charge is 0.414 e. The second-order valence-corrected chi connectivity index (χ2v) is 4.66. The standard InChI is InChI=1S/C12H12N4OS/c1-8-13-9-5-3-4-6-10(9)16(8)7-11-14-15-12(17-11)18-2/h3-6H,7H2,1-2H3. The van der Waals surface area contributed by atoms with E-state index in [9.17, 15) is 0 Å². The number of benzene rings is 1. The van der Waals surface area contributed by atoms with E-state index in [1.165, 1.54) is 11.8 Å². The molecule has 5 nitrogen and oxygen atoms in total. The zero-order valence-corrected chi connectivity index (χ0v) is 10.9. The summed E-state index contributed by atoms with van der Waals surface area (Å²) in [5.74, 6) is 1.55. The molecule has 3 rings (SSSR count). The molecule has 0 unspecified atom stereocenters. The van der Waals surface area contributed by atoms with Crippen LogP contribution >= 0.6 is 11.8 Å².